The van der Waals surface area contributed by atoms with Crippen LogP contribution in [0, 0.1) is 12.3 Å². The number of aromatic nitrogens is 1. The fourth-order valence-electron chi connectivity index (χ4n) is 2.85. The van der Waals surface area contributed by atoms with Gasteiger partial charge in [-0.05, 0) is 30.0 Å². The summed E-state index contributed by atoms with van der Waals surface area (Å²) in [5.41, 5.74) is 8.70. The van der Waals surface area contributed by atoms with Gasteiger partial charge in [-0.25, -0.2) is 0 Å². The summed E-state index contributed by atoms with van der Waals surface area (Å²) in [6.07, 6.45) is 0. The smallest absolute Gasteiger partial charge is 0.298 e. The van der Waals surface area contributed by atoms with Gasteiger partial charge in [-0.3, -0.25) is 4.79 Å². The number of nitrogens with zero attached hydrogens (tertiary/aromatic N) is 3. The second-order valence-corrected chi connectivity index (χ2v) is 7.62. The van der Waals surface area contributed by atoms with Crippen LogP contribution in [0.5, 0.6) is 0 Å². The van der Waals surface area contributed by atoms with Gasteiger partial charge in [-0.2, -0.15) is 4.98 Å². The highest BCUT2D eigenvalue weighted by Gasteiger charge is 2.33. The Morgan fingerprint density at radius 1 is 1.19 bits per heavy atom. The number of amides is 1. The fourth-order valence-corrected chi connectivity index (χ4v) is 2.85. The molecule has 1 atom stereocenters. The highest BCUT2D eigenvalue weighted by atomic mass is 35.5. The van der Waals surface area contributed by atoms with Crippen molar-refractivity contribution in [3.63, 3.8) is 0 Å². The molecule has 1 saturated heterocycles. The topological polar surface area (TPSA) is 75.6 Å². The first-order chi connectivity index (χ1) is 11.3. The molecule has 26 heavy (non-hydrogen) atoms. The molecule has 0 spiro atoms. The summed E-state index contributed by atoms with van der Waals surface area (Å²) in [7, 11) is 0. The second-order valence-electron chi connectivity index (χ2n) is 7.62. The Hall–Kier alpha value is -1.50. The number of fused-ring (bicyclic) bond motifs is 1. The van der Waals surface area contributed by atoms with Crippen molar-refractivity contribution < 1.29 is 9.21 Å². The molecule has 146 valence electrons. The fraction of sp³-hybridized carbons (Fsp3) is 0.556. The Morgan fingerprint density at radius 2 is 1.81 bits per heavy atom. The van der Waals surface area contributed by atoms with Gasteiger partial charge < -0.3 is 20.0 Å². The third kappa shape index (κ3) is 4.61. The van der Waals surface area contributed by atoms with Crippen LogP contribution in [0.15, 0.2) is 22.6 Å². The van der Waals surface area contributed by atoms with Gasteiger partial charge in [0.05, 0.1) is 6.04 Å². The first-order valence-corrected chi connectivity index (χ1v) is 8.42. The molecule has 2 N–H and O–H groups in total. The number of anilines is 1. The Bertz CT molecular complexity index is 749. The summed E-state index contributed by atoms with van der Waals surface area (Å²) >= 11 is 0. The van der Waals surface area contributed by atoms with Gasteiger partial charge in [-0.15, -0.1) is 24.8 Å². The minimum absolute atomic E-state index is 0. The maximum Gasteiger partial charge on any atom is 0.298 e. The zero-order valence-corrected chi connectivity index (χ0v) is 17.3. The van der Waals surface area contributed by atoms with E-state index in [0.29, 0.717) is 32.2 Å². The van der Waals surface area contributed by atoms with Crippen LogP contribution in [0.4, 0.5) is 6.01 Å². The number of benzene rings is 1. The maximum absolute atomic E-state index is 12.5. The molecule has 1 fully saturated rings. The van der Waals surface area contributed by atoms with Crippen LogP contribution >= 0.6 is 24.8 Å². The van der Waals surface area contributed by atoms with Crippen LogP contribution in [0.3, 0.4) is 0 Å². The van der Waals surface area contributed by atoms with Gasteiger partial charge in [0.1, 0.15) is 5.52 Å². The molecule has 1 aromatic heterocycles. The number of aryl methyl sites for hydroxylation is 1. The number of carbonyl (C=O) groups excluding carboxylic acids is 1. The number of carbonyl (C=O) groups is 1. The van der Waals surface area contributed by atoms with Crippen molar-refractivity contribution >= 4 is 47.8 Å². The number of piperazine rings is 1. The molecule has 6 nitrogen and oxygen atoms in total. The molecule has 3 rings (SSSR count). The molecule has 0 unspecified atom stereocenters. The van der Waals surface area contributed by atoms with E-state index in [2.05, 4.69) is 9.88 Å². The number of halogens is 2. The van der Waals surface area contributed by atoms with Gasteiger partial charge in [0.2, 0.25) is 5.91 Å². The molecule has 0 saturated carbocycles. The Balaban J connectivity index is 0.00000169. The standard InChI is InChI=1S/C18H26N4O2.2ClH/c1-12-5-6-14-13(11-12)20-17(24-14)22-9-7-21(8-10-22)16(23)15(19)18(2,3)4;;/h5-6,11,15H,7-10,19H2,1-4H3;2*1H/t15-;;/m1../s1. The van der Waals surface area contributed by atoms with E-state index in [9.17, 15) is 4.79 Å². The lowest BCUT2D eigenvalue weighted by molar-refractivity contribution is -0.135. The first-order valence-electron chi connectivity index (χ1n) is 8.42. The average Bonchev–Trinajstić information content (AvgIpc) is 2.95. The van der Waals surface area contributed by atoms with E-state index >= 15 is 0 Å². The molecule has 1 aliphatic heterocycles. The monoisotopic (exact) mass is 402 g/mol. The summed E-state index contributed by atoms with van der Waals surface area (Å²) in [5.74, 6) is 0.0235. The number of nitrogens with two attached hydrogens (primary N) is 1. The van der Waals surface area contributed by atoms with Gasteiger partial charge in [-0.1, -0.05) is 26.8 Å². The summed E-state index contributed by atoms with van der Waals surface area (Å²) < 4.78 is 5.85. The molecule has 0 aliphatic carbocycles. The number of hydrogen-bond acceptors (Lipinski definition) is 5. The van der Waals surface area contributed by atoms with Crippen molar-refractivity contribution in [3.05, 3.63) is 23.8 Å². The van der Waals surface area contributed by atoms with Crippen LogP contribution < -0.4 is 10.6 Å². The largest absolute Gasteiger partial charge is 0.423 e. The van der Waals surface area contributed by atoms with E-state index in [-0.39, 0.29) is 36.1 Å². The van der Waals surface area contributed by atoms with E-state index in [1.54, 1.807) is 0 Å². The molecular formula is C18H28Cl2N4O2. The average molecular weight is 403 g/mol. The number of oxazole rings is 1. The quantitative estimate of drug-likeness (QED) is 0.835. The predicted molar refractivity (Wildman–Crippen MR) is 109 cm³/mol. The maximum atomic E-state index is 12.5. The molecule has 2 aromatic rings. The zero-order valence-electron chi connectivity index (χ0n) is 15.7. The Labute approximate surface area is 166 Å². The van der Waals surface area contributed by atoms with Crippen molar-refractivity contribution in [1.29, 1.82) is 0 Å². The van der Waals surface area contributed by atoms with Gasteiger partial charge >= 0.3 is 0 Å². The van der Waals surface area contributed by atoms with Crippen LogP contribution in [-0.4, -0.2) is 48.0 Å². The SMILES string of the molecule is Cc1ccc2oc(N3CCN(C(=O)[C@@H](N)C(C)(C)C)CC3)nc2c1.Cl.Cl. The molecular weight excluding hydrogens is 375 g/mol. The molecule has 2 heterocycles. The lowest BCUT2D eigenvalue weighted by atomic mass is 9.86. The summed E-state index contributed by atoms with van der Waals surface area (Å²) in [6.45, 7) is 10.7. The van der Waals surface area contributed by atoms with Crippen LogP contribution in [0.25, 0.3) is 11.1 Å². The summed E-state index contributed by atoms with van der Waals surface area (Å²) in [5, 5.41) is 0. The van der Waals surface area contributed by atoms with Crippen molar-refractivity contribution in [1.82, 2.24) is 9.88 Å². The van der Waals surface area contributed by atoms with Gasteiger partial charge in [0.25, 0.3) is 6.01 Å². The molecule has 0 radical (unpaired) electrons. The van der Waals surface area contributed by atoms with Crippen molar-refractivity contribution in [2.75, 3.05) is 31.1 Å². The van der Waals surface area contributed by atoms with Crippen LogP contribution in [0.1, 0.15) is 26.3 Å². The lowest BCUT2D eigenvalue weighted by Gasteiger charge is -2.37. The van der Waals surface area contributed by atoms with E-state index < -0.39 is 6.04 Å². The highest BCUT2D eigenvalue weighted by molar-refractivity contribution is 5.85. The minimum atomic E-state index is -0.476. The number of rotatable bonds is 2. The minimum Gasteiger partial charge on any atom is -0.423 e. The summed E-state index contributed by atoms with van der Waals surface area (Å²) in [4.78, 5) is 21.0. The molecule has 8 heteroatoms. The molecule has 0 bridgehead atoms. The molecule has 1 aliphatic rings. The van der Waals surface area contributed by atoms with Gasteiger partial charge in [0.15, 0.2) is 5.58 Å². The van der Waals surface area contributed by atoms with E-state index in [1.807, 2.05) is 50.8 Å². The first kappa shape index (κ1) is 22.5. The normalized spacial score (nSPS) is 16.0. The van der Waals surface area contributed by atoms with Crippen LogP contribution in [-0.2, 0) is 4.79 Å². The van der Waals surface area contributed by atoms with Crippen LogP contribution in [0.2, 0.25) is 0 Å². The summed E-state index contributed by atoms with van der Waals surface area (Å²) in [6, 6.07) is 6.13. The van der Waals surface area contributed by atoms with E-state index in [4.69, 9.17) is 10.2 Å². The number of hydrogen-bond donors (Lipinski definition) is 1. The van der Waals surface area contributed by atoms with Crippen molar-refractivity contribution in [3.8, 4) is 0 Å². The van der Waals surface area contributed by atoms with Gasteiger partial charge in [0, 0.05) is 26.2 Å². The predicted octanol–water partition coefficient (Wildman–Crippen LogP) is 3.00. The Morgan fingerprint density at radius 3 is 2.38 bits per heavy atom. The third-order valence-electron chi connectivity index (χ3n) is 4.59. The molecule has 1 amide bonds. The van der Waals surface area contributed by atoms with Crippen molar-refractivity contribution in [2.45, 2.75) is 33.7 Å². The highest BCUT2D eigenvalue weighted by Crippen LogP contribution is 2.24. The second kappa shape index (κ2) is 8.46. The Kier molecular flexibility index (Phi) is 7.33. The van der Waals surface area contributed by atoms with E-state index in [0.717, 1.165) is 16.7 Å². The zero-order chi connectivity index (χ0) is 17.5. The van der Waals surface area contributed by atoms with E-state index in [1.165, 1.54) is 0 Å². The third-order valence-corrected chi connectivity index (χ3v) is 4.59. The molecule has 1 aromatic carbocycles. The lowest BCUT2D eigenvalue weighted by Crippen LogP contribution is -2.56. The van der Waals surface area contributed by atoms with Crippen molar-refractivity contribution in [2.24, 2.45) is 11.1 Å².